The van der Waals surface area contributed by atoms with Crippen molar-refractivity contribution in [2.24, 2.45) is 5.73 Å². The molecular formula is C17H18ClN3O2. The van der Waals surface area contributed by atoms with Gasteiger partial charge in [0, 0.05) is 10.7 Å². The Bertz CT molecular complexity index is 704. The van der Waals surface area contributed by atoms with Gasteiger partial charge in [-0.2, -0.15) is 0 Å². The maximum atomic E-state index is 12.3. The average molecular weight is 332 g/mol. The van der Waals surface area contributed by atoms with Crippen LogP contribution in [0.15, 0.2) is 48.5 Å². The van der Waals surface area contributed by atoms with Crippen molar-refractivity contribution < 1.29 is 9.59 Å². The zero-order chi connectivity index (χ0) is 16.8. The lowest BCUT2D eigenvalue weighted by Crippen LogP contribution is -2.35. The minimum absolute atomic E-state index is 0.0684. The van der Waals surface area contributed by atoms with Crippen molar-refractivity contribution in [1.82, 2.24) is 5.32 Å². The Kier molecular flexibility index (Phi) is 5.60. The van der Waals surface area contributed by atoms with E-state index in [-0.39, 0.29) is 12.3 Å². The molecule has 0 bridgehead atoms. The first-order valence-corrected chi connectivity index (χ1v) is 7.51. The second kappa shape index (κ2) is 7.65. The molecule has 0 saturated carbocycles. The van der Waals surface area contributed by atoms with Crippen molar-refractivity contribution in [2.75, 3.05) is 5.32 Å². The molecule has 0 fully saturated rings. The number of carbonyl (C=O) groups is 2. The summed E-state index contributed by atoms with van der Waals surface area (Å²) in [5.74, 6) is -0.238. The molecule has 6 heteroatoms. The highest BCUT2D eigenvalue weighted by molar-refractivity contribution is 6.31. The molecule has 4 N–H and O–H groups in total. The maximum Gasteiger partial charge on any atom is 0.312 e. The van der Waals surface area contributed by atoms with Crippen molar-refractivity contribution >= 4 is 29.2 Å². The molecule has 2 rings (SSSR count). The predicted octanol–water partition coefficient (Wildman–Crippen LogP) is 3.39. The van der Waals surface area contributed by atoms with E-state index in [0.717, 1.165) is 11.1 Å². The molecule has 1 atom stereocenters. The molecule has 0 saturated heterocycles. The summed E-state index contributed by atoms with van der Waals surface area (Å²) in [7, 11) is 0. The smallest absolute Gasteiger partial charge is 0.312 e. The van der Waals surface area contributed by atoms with Crippen LogP contribution in [-0.4, -0.2) is 11.9 Å². The molecule has 3 amide bonds. The molecule has 2 aromatic carbocycles. The van der Waals surface area contributed by atoms with Crippen molar-refractivity contribution in [1.29, 1.82) is 0 Å². The number of primary amides is 1. The lowest BCUT2D eigenvalue weighted by atomic mass is 10.0. The van der Waals surface area contributed by atoms with E-state index in [0.29, 0.717) is 10.7 Å². The fourth-order valence-corrected chi connectivity index (χ4v) is 2.41. The summed E-state index contributed by atoms with van der Waals surface area (Å²) in [4.78, 5) is 23.5. The van der Waals surface area contributed by atoms with Gasteiger partial charge in [-0.15, -0.1) is 0 Å². The third-order valence-corrected chi connectivity index (χ3v) is 3.86. The van der Waals surface area contributed by atoms with Crippen LogP contribution in [0, 0.1) is 6.92 Å². The zero-order valence-electron chi connectivity index (χ0n) is 12.7. The molecule has 0 aliphatic carbocycles. The number of benzene rings is 2. The van der Waals surface area contributed by atoms with Crippen LogP contribution in [0.2, 0.25) is 5.02 Å². The fraction of sp³-hybridized carbons (Fsp3) is 0.176. The third kappa shape index (κ3) is 4.72. The minimum Gasteiger partial charge on any atom is -0.352 e. The SMILES string of the molecule is Cc1c(Cl)cccc1NC(=O)CC(NC(N)=O)c1ccccc1. The first-order chi connectivity index (χ1) is 11.0. The second-order valence-electron chi connectivity index (χ2n) is 5.14. The number of hydrogen-bond acceptors (Lipinski definition) is 2. The van der Waals surface area contributed by atoms with Crippen LogP contribution in [0.5, 0.6) is 0 Å². The maximum absolute atomic E-state index is 12.3. The number of urea groups is 1. The molecule has 0 spiro atoms. The zero-order valence-corrected chi connectivity index (χ0v) is 13.4. The predicted molar refractivity (Wildman–Crippen MR) is 91.3 cm³/mol. The lowest BCUT2D eigenvalue weighted by molar-refractivity contribution is -0.116. The van der Waals surface area contributed by atoms with Gasteiger partial charge in [-0.05, 0) is 30.2 Å². The first-order valence-electron chi connectivity index (χ1n) is 7.13. The molecular weight excluding hydrogens is 314 g/mol. The Morgan fingerprint density at radius 3 is 2.48 bits per heavy atom. The average Bonchev–Trinajstić information content (AvgIpc) is 2.51. The highest BCUT2D eigenvalue weighted by atomic mass is 35.5. The van der Waals surface area contributed by atoms with E-state index in [2.05, 4.69) is 10.6 Å². The highest BCUT2D eigenvalue weighted by Crippen LogP contribution is 2.24. The number of carbonyl (C=O) groups excluding carboxylic acids is 2. The molecule has 5 nitrogen and oxygen atoms in total. The van der Waals surface area contributed by atoms with Gasteiger partial charge in [0.15, 0.2) is 0 Å². The number of amides is 3. The van der Waals surface area contributed by atoms with Gasteiger partial charge in [-0.25, -0.2) is 4.79 Å². The largest absolute Gasteiger partial charge is 0.352 e. The minimum atomic E-state index is -0.675. The lowest BCUT2D eigenvalue weighted by Gasteiger charge is -2.18. The third-order valence-electron chi connectivity index (χ3n) is 3.45. The quantitative estimate of drug-likeness (QED) is 0.784. The molecule has 120 valence electrons. The second-order valence-corrected chi connectivity index (χ2v) is 5.54. The number of halogens is 1. The van der Waals surface area contributed by atoms with Crippen LogP contribution in [-0.2, 0) is 4.79 Å². The molecule has 1 unspecified atom stereocenters. The number of nitrogens with two attached hydrogens (primary N) is 1. The molecule has 2 aromatic rings. The Balaban J connectivity index is 2.11. The highest BCUT2D eigenvalue weighted by Gasteiger charge is 2.18. The Morgan fingerprint density at radius 1 is 1.13 bits per heavy atom. The van der Waals surface area contributed by atoms with Gasteiger partial charge < -0.3 is 16.4 Å². The van der Waals surface area contributed by atoms with Gasteiger partial charge in [0.25, 0.3) is 0 Å². The molecule has 0 aromatic heterocycles. The van der Waals surface area contributed by atoms with Crippen molar-refractivity contribution in [3.8, 4) is 0 Å². The summed E-state index contributed by atoms with van der Waals surface area (Å²) >= 11 is 6.04. The molecule has 0 aliphatic heterocycles. The van der Waals surface area contributed by atoms with E-state index in [1.807, 2.05) is 37.3 Å². The van der Waals surface area contributed by atoms with Crippen molar-refractivity contribution in [3.05, 3.63) is 64.7 Å². The number of nitrogens with one attached hydrogen (secondary N) is 2. The van der Waals surface area contributed by atoms with Gasteiger partial charge >= 0.3 is 6.03 Å². The molecule has 0 radical (unpaired) electrons. The fourth-order valence-electron chi connectivity index (χ4n) is 2.24. The number of hydrogen-bond donors (Lipinski definition) is 3. The van der Waals surface area contributed by atoms with Crippen LogP contribution in [0.1, 0.15) is 23.6 Å². The summed E-state index contributed by atoms with van der Waals surface area (Å²) in [5.41, 5.74) is 7.45. The van der Waals surface area contributed by atoms with Crippen molar-refractivity contribution in [2.45, 2.75) is 19.4 Å². The van der Waals surface area contributed by atoms with E-state index < -0.39 is 12.1 Å². The van der Waals surface area contributed by atoms with Gasteiger partial charge in [0.1, 0.15) is 0 Å². The van der Waals surface area contributed by atoms with E-state index in [4.69, 9.17) is 17.3 Å². The molecule has 23 heavy (non-hydrogen) atoms. The van der Waals surface area contributed by atoms with Crippen molar-refractivity contribution in [3.63, 3.8) is 0 Å². The summed E-state index contributed by atoms with van der Waals surface area (Å²) in [6.45, 7) is 1.83. The van der Waals surface area contributed by atoms with Gasteiger partial charge in [0.2, 0.25) is 5.91 Å². The van der Waals surface area contributed by atoms with Gasteiger partial charge in [-0.3, -0.25) is 4.79 Å². The monoisotopic (exact) mass is 331 g/mol. The first kappa shape index (κ1) is 16.8. The Labute approximate surface area is 139 Å². The summed E-state index contributed by atoms with van der Waals surface area (Å²) in [5, 5.41) is 5.98. The van der Waals surface area contributed by atoms with Crippen LogP contribution < -0.4 is 16.4 Å². The number of rotatable bonds is 5. The summed E-state index contributed by atoms with van der Waals surface area (Å²) < 4.78 is 0. The van der Waals surface area contributed by atoms with Gasteiger partial charge in [-0.1, -0.05) is 48.0 Å². The van der Waals surface area contributed by atoms with Crippen LogP contribution in [0.4, 0.5) is 10.5 Å². The Hall–Kier alpha value is -2.53. The normalized spacial score (nSPS) is 11.6. The molecule has 0 aliphatic rings. The van der Waals surface area contributed by atoms with Crippen LogP contribution in [0.25, 0.3) is 0 Å². The van der Waals surface area contributed by atoms with E-state index in [9.17, 15) is 9.59 Å². The van der Waals surface area contributed by atoms with Crippen LogP contribution in [0.3, 0.4) is 0 Å². The Morgan fingerprint density at radius 2 is 1.83 bits per heavy atom. The standard InChI is InChI=1S/C17H18ClN3O2/c1-11-13(18)8-5-9-14(11)20-16(22)10-15(21-17(19)23)12-6-3-2-4-7-12/h2-9,15H,10H2,1H3,(H,20,22)(H3,19,21,23). The topological polar surface area (TPSA) is 84.2 Å². The number of anilines is 1. The van der Waals surface area contributed by atoms with E-state index >= 15 is 0 Å². The summed E-state index contributed by atoms with van der Waals surface area (Å²) in [6, 6.07) is 13.3. The van der Waals surface area contributed by atoms with Crippen LogP contribution >= 0.6 is 11.6 Å². The summed E-state index contributed by atoms with van der Waals surface area (Å²) in [6.07, 6.45) is 0.0684. The van der Waals surface area contributed by atoms with E-state index in [1.165, 1.54) is 0 Å². The van der Waals surface area contributed by atoms with Gasteiger partial charge in [0.05, 0.1) is 12.5 Å². The van der Waals surface area contributed by atoms with E-state index in [1.54, 1.807) is 18.2 Å². The molecule has 0 heterocycles.